The molecular formula is C20H21N3O2S. The maximum Gasteiger partial charge on any atom is 0.253 e. The van der Waals surface area contributed by atoms with E-state index < -0.39 is 0 Å². The van der Waals surface area contributed by atoms with Crippen molar-refractivity contribution >= 4 is 28.6 Å². The lowest BCUT2D eigenvalue weighted by molar-refractivity contribution is 0.0950. The maximum atomic E-state index is 12.3. The van der Waals surface area contributed by atoms with Crippen LogP contribution >= 0.6 is 11.8 Å². The van der Waals surface area contributed by atoms with Crippen molar-refractivity contribution in [1.82, 2.24) is 15.3 Å². The number of carbonyl (C=O) groups excluding carboxylic acids is 1. The van der Waals surface area contributed by atoms with Crippen LogP contribution in [0.15, 0.2) is 42.6 Å². The van der Waals surface area contributed by atoms with E-state index in [1.165, 1.54) is 0 Å². The fraction of sp³-hybridized carbons (Fsp3) is 0.300. The molecule has 3 heterocycles. The van der Waals surface area contributed by atoms with Crippen molar-refractivity contribution in [3.05, 3.63) is 59.4 Å². The van der Waals surface area contributed by atoms with E-state index >= 15 is 0 Å². The second-order valence-corrected chi connectivity index (χ2v) is 7.70. The van der Waals surface area contributed by atoms with Crippen LogP contribution in [0.3, 0.4) is 0 Å². The van der Waals surface area contributed by atoms with Crippen LogP contribution in [0.2, 0.25) is 0 Å². The number of nitrogens with zero attached hydrogens (tertiary/aromatic N) is 1. The predicted molar refractivity (Wildman–Crippen MR) is 105 cm³/mol. The van der Waals surface area contributed by atoms with Crippen LogP contribution in [0.4, 0.5) is 0 Å². The third-order valence-corrected chi connectivity index (χ3v) is 5.58. The highest BCUT2D eigenvalue weighted by Crippen LogP contribution is 2.22. The van der Waals surface area contributed by atoms with Gasteiger partial charge in [0.05, 0.1) is 5.56 Å². The Kier molecular flexibility index (Phi) is 4.84. The summed E-state index contributed by atoms with van der Waals surface area (Å²) in [6, 6.07) is 11.8. The van der Waals surface area contributed by atoms with Gasteiger partial charge in [-0.15, -0.1) is 0 Å². The molecule has 2 N–H and O–H groups in total. The van der Waals surface area contributed by atoms with Gasteiger partial charge in [-0.25, -0.2) is 4.98 Å². The molecule has 1 saturated heterocycles. The number of nitrogens with one attached hydrogen (secondary N) is 2. The Morgan fingerprint density at radius 1 is 1.35 bits per heavy atom. The number of thioether (sulfide) groups is 1. The third-order valence-electron chi connectivity index (χ3n) is 4.45. The van der Waals surface area contributed by atoms with E-state index in [1.54, 1.807) is 18.3 Å². The first-order valence-corrected chi connectivity index (χ1v) is 9.90. The molecule has 6 heteroatoms. The number of benzene rings is 1. The molecule has 0 unspecified atom stereocenters. The Bertz CT molecular complexity index is 914. The van der Waals surface area contributed by atoms with Gasteiger partial charge in [-0.2, -0.15) is 11.8 Å². The number of H-pyrrole nitrogens is 1. The molecule has 0 radical (unpaired) electrons. The number of amides is 1. The predicted octanol–water partition coefficient (Wildman–Crippen LogP) is 3.69. The standard InChI is InChI=1S/C20H21N3O2S/c1-13-8-16-9-14(2-4-18(16)23-13)10-22-20(24)15-3-5-19(21-11-15)25-17-6-7-26-12-17/h2-5,8-9,11,17,23H,6-7,10,12H2,1H3,(H,22,24)/t17-/m1/s1. The summed E-state index contributed by atoms with van der Waals surface area (Å²) in [5.41, 5.74) is 3.84. The van der Waals surface area contributed by atoms with E-state index in [0.29, 0.717) is 18.0 Å². The lowest BCUT2D eigenvalue weighted by Gasteiger charge is -2.11. The number of rotatable bonds is 5. The van der Waals surface area contributed by atoms with Gasteiger partial charge in [-0.3, -0.25) is 4.79 Å². The number of pyridine rings is 1. The molecule has 1 amide bonds. The summed E-state index contributed by atoms with van der Waals surface area (Å²) in [7, 11) is 0. The van der Waals surface area contributed by atoms with Crippen molar-refractivity contribution in [3.63, 3.8) is 0 Å². The quantitative estimate of drug-likeness (QED) is 0.722. The molecule has 1 aliphatic heterocycles. The van der Waals surface area contributed by atoms with Crippen LogP contribution in [-0.4, -0.2) is 33.5 Å². The molecule has 4 rings (SSSR count). The molecule has 0 aliphatic carbocycles. The van der Waals surface area contributed by atoms with Gasteiger partial charge in [0.25, 0.3) is 5.91 Å². The molecule has 26 heavy (non-hydrogen) atoms. The number of aromatic amines is 1. The number of fused-ring (bicyclic) bond motifs is 1. The number of hydrogen-bond acceptors (Lipinski definition) is 4. The fourth-order valence-corrected chi connectivity index (χ4v) is 4.18. The molecule has 3 aromatic rings. The minimum Gasteiger partial charge on any atom is -0.473 e. The zero-order chi connectivity index (χ0) is 17.9. The molecule has 1 aliphatic rings. The summed E-state index contributed by atoms with van der Waals surface area (Å²) in [6.45, 7) is 2.52. The average molecular weight is 367 g/mol. The van der Waals surface area contributed by atoms with E-state index in [-0.39, 0.29) is 12.0 Å². The first kappa shape index (κ1) is 17.0. The minimum atomic E-state index is -0.134. The lowest BCUT2D eigenvalue weighted by Crippen LogP contribution is -2.23. The van der Waals surface area contributed by atoms with Crippen molar-refractivity contribution in [1.29, 1.82) is 0 Å². The Morgan fingerprint density at radius 3 is 3.04 bits per heavy atom. The van der Waals surface area contributed by atoms with Crippen LogP contribution in [0.25, 0.3) is 10.9 Å². The molecule has 0 saturated carbocycles. The second kappa shape index (κ2) is 7.41. The number of hydrogen-bond donors (Lipinski definition) is 2. The van der Waals surface area contributed by atoms with Crippen molar-refractivity contribution < 1.29 is 9.53 Å². The van der Waals surface area contributed by atoms with Gasteiger partial charge in [-0.05, 0) is 54.3 Å². The van der Waals surface area contributed by atoms with Gasteiger partial charge in [0.1, 0.15) is 6.10 Å². The van der Waals surface area contributed by atoms with Crippen molar-refractivity contribution in [2.24, 2.45) is 0 Å². The Morgan fingerprint density at radius 2 is 2.27 bits per heavy atom. The number of ether oxygens (including phenoxy) is 1. The van der Waals surface area contributed by atoms with Gasteiger partial charge in [0, 0.05) is 35.8 Å². The summed E-state index contributed by atoms with van der Waals surface area (Å²) < 4.78 is 5.82. The van der Waals surface area contributed by atoms with Gasteiger partial charge >= 0.3 is 0 Å². The number of carbonyl (C=O) groups is 1. The molecule has 0 spiro atoms. The largest absolute Gasteiger partial charge is 0.473 e. The van der Waals surface area contributed by atoms with E-state index in [2.05, 4.69) is 27.4 Å². The Balaban J connectivity index is 1.36. The highest BCUT2D eigenvalue weighted by Gasteiger charge is 2.17. The molecule has 1 fully saturated rings. The van der Waals surface area contributed by atoms with Crippen LogP contribution in [0, 0.1) is 6.92 Å². The van der Waals surface area contributed by atoms with Crippen molar-refractivity contribution in [3.8, 4) is 5.88 Å². The highest BCUT2D eigenvalue weighted by molar-refractivity contribution is 7.99. The fourth-order valence-electron chi connectivity index (χ4n) is 3.08. The Hall–Kier alpha value is -2.47. The van der Waals surface area contributed by atoms with Gasteiger partial charge in [-0.1, -0.05) is 6.07 Å². The maximum absolute atomic E-state index is 12.3. The van der Waals surface area contributed by atoms with Gasteiger partial charge < -0.3 is 15.0 Å². The highest BCUT2D eigenvalue weighted by atomic mass is 32.2. The van der Waals surface area contributed by atoms with Crippen molar-refractivity contribution in [2.75, 3.05) is 11.5 Å². The second-order valence-electron chi connectivity index (χ2n) is 6.55. The molecule has 1 atom stereocenters. The average Bonchev–Trinajstić information content (AvgIpc) is 3.28. The molecule has 2 aromatic heterocycles. The number of aryl methyl sites for hydroxylation is 1. The van der Waals surface area contributed by atoms with Crippen LogP contribution < -0.4 is 10.1 Å². The first-order chi connectivity index (χ1) is 12.7. The molecule has 0 bridgehead atoms. The zero-order valence-corrected chi connectivity index (χ0v) is 15.4. The van der Waals surface area contributed by atoms with E-state index in [9.17, 15) is 4.79 Å². The van der Waals surface area contributed by atoms with E-state index in [1.807, 2.05) is 30.8 Å². The SMILES string of the molecule is Cc1cc2cc(CNC(=O)c3ccc(O[C@@H]4CCSC4)nc3)ccc2[nH]1. The van der Waals surface area contributed by atoms with Gasteiger partial charge in [0.15, 0.2) is 0 Å². The minimum absolute atomic E-state index is 0.134. The number of aromatic nitrogens is 2. The van der Waals surface area contributed by atoms with Crippen LogP contribution in [0.1, 0.15) is 28.0 Å². The van der Waals surface area contributed by atoms with E-state index in [4.69, 9.17) is 4.74 Å². The molecular weight excluding hydrogens is 346 g/mol. The van der Waals surface area contributed by atoms with E-state index in [0.717, 1.165) is 40.1 Å². The Labute approximate surface area is 156 Å². The summed E-state index contributed by atoms with van der Waals surface area (Å²) >= 11 is 1.90. The summed E-state index contributed by atoms with van der Waals surface area (Å²) in [5, 5.41) is 4.10. The summed E-state index contributed by atoms with van der Waals surface area (Å²) in [5.74, 6) is 2.60. The molecule has 134 valence electrons. The van der Waals surface area contributed by atoms with Crippen LogP contribution in [0.5, 0.6) is 5.88 Å². The summed E-state index contributed by atoms with van der Waals surface area (Å²) in [6.07, 6.45) is 2.87. The molecule has 5 nitrogen and oxygen atoms in total. The normalized spacial score (nSPS) is 16.7. The molecule has 1 aromatic carbocycles. The van der Waals surface area contributed by atoms with Crippen molar-refractivity contribution in [2.45, 2.75) is 26.0 Å². The smallest absolute Gasteiger partial charge is 0.253 e. The first-order valence-electron chi connectivity index (χ1n) is 8.74. The third kappa shape index (κ3) is 3.85. The zero-order valence-electron chi connectivity index (χ0n) is 14.6. The van der Waals surface area contributed by atoms with Crippen LogP contribution in [-0.2, 0) is 6.54 Å². The summed E-state index contributed by atoms with van der Waals surface area (Å²) in [4.78, 5) is 19.9. The lowest BCUT2D eigenvalue weighted by atomic mass is 10.1. The van der Waals surface area contributed by atoms with Gasteiger partial charge in [0.2, 0.25) is 5.88 Å². The monoisotopic (exact) mass is 367 g/mol. The topological polar surface area (TPSA) is 67.0 Å².